The molecule has 0 aliphatic heterocycles. The molecule has 0 bridgehead atoms. The Bertz CT molecular complexity index is 208. The number of halogens is 1. The van der Waals surface area contributed by atoms with Gasteiger partial charge in [0.05, 0.1) is 6.67 Å². The Labute approximate surface area is 108 Å². The molecule has 0 spiro atoms. The lowest BCUT2D eigenvalue weighted by Crippen LogP contribution is -2.18. The normalized spacial score (nSPS) is 14.1. The van der Waals surface area contributed by atoms with Gasteiger partial charge in [0.15, 0.2) is 0 Å². The summed E-state index contributed by atoms with van der Waals surface area (Å²) in [4.78, 5) is 0. The molecule has 0 atom stereocenters. The van der Waals surface area contributed by atoms with Gasteiger partial charge >= 0.3 is 0 Å². The molecule has 0 aliphatic carbocycles. The van der Waals surface area contributed by atoms with E-state index in [0.29, 0.717) is 10.8 Å². The highest BCUT2D eigenvalue weighted by Gasteiger charge is 2.23. The van der Waals surface area contributed by atoms with Crippen LogP contribution in [0.25, 0.3) is 0 Å². The molecule has 1 heteroatoms. The molecule has 0 unspecified atom stereocenters. The summed E-state index contributed by atoms with van der Waals surface area (Å²) in [5.41, 5.74) is 0.704. The number of alkyl halides is 1. The number of rotatable bonds is 7. The van der Waals surface area contributed by atoms with Crippen LogP contribution in [0.2, 0.25) is 0 Å². The molecule has 0 fully saturated rings. The van der Waals surface area contributed by atoms with Gasteiger partial charge in [-0.1, -0.05) is 54.9 Å². The van der Waals surface area contributed by atoms with Gasteiger partial charge in [-0.15, -0.1) is 0 Å². The lowest BCUT2D eigenvalue weighted by atomic mass is 9.76. The van der Waals surface area contributed by atoms with E-state index >= 15 is 0 Å². The van der Waals surface area contributed by atoms with Gasteiger partial charge in [0, 0.05) is 0 Å². The van der Waals surface area contributed by atoms with Gasteiger partial charge < -0.3 is 0 Å². The van der Waals surface area contributed by atoms with Crippen LogP contribution in [0.3, 0.4) is 0 Å². The Morgan fingerprint density at radius 3 is 1.53 bits per heavy atom. The zero-order chi connectivity index (χ0) is 13.7. The molecule has 0 saturated carbocycles. The zero-order valence-corrected chi connectivity index (χ0v) is 13.1. The quantitative estimate of drug-likeness (QED) is 0.515. The van der Waals surface area contributed by atoms with E-state index in [9.17, 15) is 4.39 Å². The first-order valence-electron chi connectivity index (χ1n) is 7.04. The van der Waals surface area contributed by atoms with Gasteiger partial charge in [0.2, 0.25) is 0 Å². The number of hydrogen-bond donors (Lipinski definition) is 0. The van der Waals surface area contributed by atoms with Crippen molar-refractivity contribution in [2.75, 3.05) is 6.67 Å². The van der Waals surface area contributed by atoms with E-state index in [0.717, 1.165) is 12.8 Å². The van der Waals surface area contributed by atoms with Crippen molar-refractivity contribution in [2.24, 2.45) is 16.2 Å². The minimum absolute atomic E-state index is 0.125. The number of hydrogen-bond acceptors (Lipinski definition) is 0. The van der Waals surface area contributed by atoms with E-state index < -0.39 is 0 Å². The maximum atomic E-state index is 12.7. The first-order chi connectivity index (χ1) is 7.47. The average molecular weight is 244 g/mol. The lowest BCUT2D eigenvalue weighted by molar-refractivity contribution is 0.197. The van der Waals surface area contributed by atoms with E-state index in [4.69, 9.17) is 0 Å². The van der Waals surface area contributed by atoms with E-state index in [-0.39, 0.29) is 12.1 Å². The molecule has 0 aromatic rings. The van der Waals surface area contributed by atoms with Gasteiger partial charge in [-0.05, 0) is 41.9 Å². The summed E-state index contributed by atoms with van der Waals surface area (Å²) in [6, 6.07) is 0. The standard InChI is InChI=1S/C16H33F/c1-14(2,3)11-12-15(4,5)9-8-10-16(6,7)13-17/h8-13H2,1-7H3. The van der Waals surface area contributed by atoms with Gasteiger partial charge in [0.25, 0.3) is 0 Å². The van der Waals surface area contributed by atoms with Crippen LogP contribution in [0.1, 0.15) is 80.6 Å². The second-order valence-corrected chi connectivity index (χ2v) is 8.38. The Balaban J connectivity index is 3.94. The maximum Gasteiger partial charge on any atom is 0.0945 e. The third-order valence-corrected chi connectivity index (χ3v) is 3.62. The Morgan fingerprint density at radius 2 is 1.12 bits per heavy atom. The van der Waals surface area contributed by atoms with Gasteiger partial charge in [0.1, 0.15) is 0 Å². The van der Waals surface area contributed by atoms with Crippen LogP contribution in [-0.4, -0.2) is 6.67 Å². The average Bonchev–Trinajstić information content (AvgIpc) is 2.13. The summed E-state index contributed by atoms with van der Waals surface area (Å²) < 4.78 is 12.7. The molecule has 0 nitrogen and oxygen atoms in total. The van der Waals surface area contributed by atoms with Crippen LogP contribution in [-0.2, 0) is 0 Å². The summed E-state index contributed by atoms with van der Waals surface area (Å²) >= 11 is 0. The summed E-state index contributed by atoms with van der Waals surface area (Å²) in [7, 11) is 0. The monoisotopic (exact) mass is 244 g/mol. The fraction of sp³-hybridized carbons (Fsp3) is 1.00. The predicted octanol–water partition coefficient (Wildman–Crippen LogP) is 6.00. The van der Waals surface area contributed by atoms with Crippen LogP contribution < -0.4 is 0 Å². The summed E-state index contributed by atoms with van der Waals surface area (Å²) in [6.07, 6.45) is 5.90. The highest BCUT2D eigenvalue weighted by molar-refractivity contribution is 4.75. The molecule has 104 valence electrons. The molecule has 0 aliphatic rings. The summed E-state index contributed by atoms with van der Waals surface area (Å²) in [5.74, 6) is 0. The summed E-state index contributed by atoms with van der Waals surface area (Å²) in [5, 5.41) is 0. The Hall–Kier alpha value is -0.0700. The largest absolute Gasteiger partial charge is 0.251 e. The molecule has 0 aromatic heterocycles. The lowest BCUT2D eigenvalue weighted by Gasteiger charge is -2.30. The van der Waals surface area contributed by atoms with Crippen LogP contribution in [0, 0.1) is 16.2 Å². The van der Waals surface area contributed by atoms with Gasteiger partial charge in [-0.25, -0.2) is 0 Å². The van der Waals surface area contributed by atoms with Crippen molar-refractivity contribution in [3.05, 3.63) is 0 Å². The van der Waals surface area contributed by atoms with Crippen molar-refractivity contribution >= 4 is 0 Å². The van der Waals surface area contributed by atoms with Crippen molar-refractivity contribution in [1.82, 2.24) is 0 Å². The third-order valence-electron chi connectivity index (χ3n) is 3.62. The molecular formula is C16H33F. The van der Waals surface area contributed by atoms with Crippen molar-refractivity contribution in [1.29, 1.82) is 0 Å². The first-order valence-corrected chi connectivity index (χ1v) is 7.04. The van der Waals surface area contributed by atoms with Crippen molar-refractivity contribution in [3.63, 3.8) is 0 Å². The second kappa shape index (κ2) is 6.20. The van der Waals surface area contributed by atoms with Crippen LogP contribution in [0.5, 0.6) is 0 Å². The topological polar surface area (TPSA) is 0 Å². The van der Waals surface area contributed by atoms with E-state index in [1.165, 1.54) is 19.3 Å². The van der Waals surface area contributed by atoms with Crippen LogP contribution in [0.4, 0.5) is 4.39 Å². The molecule has 0 N–H and O–H groups in total. The molecule has 0 amide bonds. The fourth-order valence-corrected chi connectivity index (χ4v) is 1.95. The predicted molar refractivity (Wildman–Crippen MR) is 76.1 cm³/mol. The Morgan fingerprint density at radius 1 is 0.647 bits per heavy atom. The van der Waals surface area contributed by atoms with E-state index in [2.05, 4.69) is 34.6 Å². The first kappa shape index (κ1) is 16.9. The fourth-order valence-electron chi connectivity index (χ4n) is 1.95. The van der Waals surface area contributed by atoms with Crippen molar-refractivity contribution < 1.29 is 4.39 Å². The highest BCUT2D eigenvalue weighted by Crippen LogP contribution is 2.35. The van der Waals surface area contributed by atoms with Gasteiger partial charge in [-0.3, -0.25) is 4.39 Å². The van der Waals surface area contributed by atoms with Crippen molar-refractivity contribution in [2.45, 2.75) is 80.6 Å². The molecule has 0 saturated heterocycles. The highest BCUT2D eigenvalue weighted by atomic mass is 19.1. The van der Waals surface area contributed by atoms with E-state index in [1.807, 2.05) is 13.8 Å². The smallest absolute Gasteiger partial charge is 0.0945 e. The molecule has 0 aromatic carbocycles. The molecule has 0 radical (unpaired) electrons. The molecular weight excluding hydrogens is 211 g/mol. The minimum atomic E-state index is -0.199. The summed E-state index contributed by atoms with van der Waals surface area (Å²) in [6.45, 7) is 15.4. The van der Waals surface area contributed by atoms with Gasteiger partial charge in [-0.2, -0.15) is 0 Å². The molecule has 17 heavy (non-hydrogen) atoms. The molecule has 0 rings (SSSR count). The minimum Gasteiger partial charge on any atom is -0.251 e. The Kier molecular flexibility index (Phi) is 6.18. The third kappa shape index (κ3) is 9.62. The van der Waals surface area contributed by atoms with Crippen LogP contribution in [0.15, 0.2) is 0 Å². The molecule has 0 heterocycles. The zero-order valence-electron chi connectivity index (χ0n) is 13.1. The second-order valence-electron chi connectivity index (χ2n) is 8.38. The van der Waals surface area contributed by atoms with E-state index in [1.54, 1.807) is 0 Å². The maximum absolute atomic E-state index is 12.7. The van der Waals surface area contributed by atoms with Crippen molar-refractivity contribution in [3.8, 4) is 0 Å². The SMILES string of the molecule is CC(C)(C)CCC(C)(C)CCCC(C)(C)CF. The van der Waals surface area contributed by atoms with Crippen LogP contribution >= 0.6 is 0 Å².